The van der Waals surface area contributed by atoms with Crippen molar-refractivity contribution in [2.45, 2.75) is 6.42 Å². The Hall–Kier alpha value is -6.64. The largest absolute Gasteiger partial charge is 0.309 e. The molecule has 0 fully saturated rings. The summed E-state index contributed by atoms with van der Waals surface area (Å²) >= 11 is 0. The first-order valence-electron chi connectivity index (χ1n) is 17.7. The van der Waals surface area contributed by atoms with Crippen LogP contribution in [0.1, 0.15) is 11.1 Å². The Morgan fingerprint density at radius 1 is 0.294 bits per heavy atom. The van der Waals surface area contributed by atoms with Gasteiger partial charge in [-0.25, -0.2) is 0 Å². The van der Waals surface area contributed by atoms with Gasteiger partial charge < -0.3 is 9.13 Å². The van der Waals surface area contributed by atoms with Gasteiger partial charge in [0.15, 0.2) is 0 Å². The molecule has 0 unspecified atom stereocenters. The van der Waals surface area contributed by atoms with Crippen LogP contribution in [0.25, 0.3) is 88.4 Å². The molecule has 2 aromatic heterocycles. The molecular formula is C49H32N2. The maximum Gasteiger partial charge on any atom is 0.0544 e. The fraction of sp³-hybridized carbons (Fsp3) is 0.0204. The average molecular weight is 649 g/mol. The van der Waals surface area contributed by atoms with E-state index in [0.717, 1.165) is 6.42 Å². The zero-order chi connectivity index (χ0) is 33.5. The third-order valence-corrected chi connectivity index (χ3v) is 10.9. The lowest BCUT2D eigenvalue weighted by atomic mass is 10.00. The van der Waals surface area contributed by atoms with E-state index in [-0.39, 0.29) is 0 Å². The topological polar surface area (TPSA) is 9.86 Å². The molecule has 0 radical (unpaired) electrons. The molecule has 11 rings (SSSR count). The summed E-state index contributed by atoms with van der Waals surface area (Å²) in [5, 5.41) is 5.12. The highest BCUT2D eigenvalue weighted by atomic mass is 15.0. The Balaban J connectivity index is 1.09. The van der Waals surface area contributed by atoms with Gasteiger partial charge in [-0.3, -0.25) is 0 Å². The number of benzene rings is 8. The molecule has 0 aliphatic heterocycles. The summed E-state index contributed by atoms with van der Waals surface area (Å²) < 4.78 is 4.85. The molecule has 10 aromatic rings. The van der Waals surface area contributed by atoms with Crippen LogP contribution >= 0.6 is 0 Å². The molecular weight excluding hydrogens is 617 g/mol. The van der Waals surface area contributed by atoms with Crippen molar-refractivity contribution < 1.29 is 0 Å². The summed E-state index contributed by atoms with van der Waals surface area (Å²) in [6, 6.07) is 66.9. The van der Waals surface area contributed by atoms with E-state index in [1.165, 1.54) is 99.5 Å². The normalized spacial score (nSPS) is 12.2. The van der Waals surface area contributed by atoms with E-state index < -0.39 is 0 Å². The summed E-state index contributed by atoms with van der Waals surface area (Å²) in [7, 11) is 0. The SMILES string of the molecule is c1ccc(-c2cccc(-n3c4ccc(-c5ccc(-n6c7ccccc7c7ccccc76)cc5)cc4c4cc5c(cc43)Cc3ccccc3-5)c2)cc1. The number of nitrogens with zero attached hydrogens (tertiary/aromatic N) is 2. The van der Waals surface area contributed by atoms with E-state index in [9.17, 15) is 0 Å². The summed E-state index contributed by atoms with van der Waals surface area (Å²) in [5.41, 5.74) is 17.7. The maximum absolute atomic E-state index is 2.47. The molecule has 0 bridgehead atoms. The van der Waals surface area contributed by atoms with E-state index >= 15 is 0 Å². The molecule has 238 valence electrons. The Bertz CT molecular complexity index is 2920. The fourth-order valence-corrected chi connectivity index (χ4v) is 8.56. The molecule has 0 spiro atoms. The predicted octanol–water partition coefficient (Wildman–Crippen LogP) is 12.8. The van der Waals surface area contributed by atoms with Crippen molar-refractivity contribution in [2.75, 3.05) is 0 Å². The second kappa shape index (κ2) is 10.9. The van der Waals surface area contributed by atoms with E-state index in [1.54, 1.807) is 0 Å². The molecule has 2 nitrogen and oxygen atoms in total. The van der Waals surface area contributed by atoms with Gasteiger partial charge in [0, 0.05) is 32.9 Å². The predicted molar refractivity (Wildman–Crippen MR) is 214 cm³/mol. The monoisotopic (exact) mass is 648 g/mol. The quantitative estimate of drug-likeness (QED) is 0.180. The second-order valence-corrected chi connectivity index (χ2v) is 13.8. The van der Waals surface area contributed by atoms with Crippen molar-refractivity contribution in [2.24, 2.45) is 0 Å². The summed E-state index contributed by atoms with van der Waals surface area (Å²) in [6.07, 6.45) is 0.969. The molecule has 0 N–H and O–H groups in total. The number of aromatic nitrogens is 2. The van der Waals surface area contributed by atoms with Gasteiger partial charge >= 0.3 is 0 Å². The van der Waals surface area contributed by atoms with Crippen LogP contribution in [0.15, 0.2) is 182 Å². The van der Waals surface area contributed by atoms with Crippen molar-refractivity contribution in [3.63, 3.8) is 0 Å². The average Bonchev–Trinajstić information content (AvgIpc) is 3.84. The lowest BCUT2D eigenvalue weighted by molar-refractivity contribution is 1.17. The fourth-order valence-electron chi connectivity index (χ4n) is 8.56. The molecule has 2 heteroatoms. The van der Waals surface area contributed by atoms with Crippen molar-refractivity contribution in [1.82, 2.24) is 9.13 Å². The minimum absolute atomic E-state index is 0.969. The number of para-hydroxylation sites is 2. The third kappa shape index (κ3) is 4.30. The Morgan fingerprint density at radius 3 is 1.69 bits per heavy atom. The lowest BCUT2D eigenvalue weighted by Crippen LogP contribution is -1.95. The number of hydrogen-bond donors (Lipinski definition) is 0. The molecule has 1 aliphatic rings. The summed E-state index contributed by atoms with van der Waals surface area (Å²) in [4.78, 5) is 0. The van der Waals surface area contributed by atoms with Crippen LogP contribution in [0.2, 0.25) is 0 Å². The summed E-state index contributed by atoms with van der Waals surface area (Å²) in [6.45, 7) is 0. The molecule has 0 saturated carbocycles. The highest BCUT2D eigenvalue weighted by molar-refractivity contribution is 6.13. The van der Waals surface area contributed by atoms with E-state index in [1.807, 2.05) is 0 Å². The van der Waals surface area contributed by atoms with Gasteiger partial charge in [-0.05, 0) is 112 Å². The first-order valence-corrected chi connectivity index (χ1v) is 17.7. The van der Waals surface area contributed by atoms with Crippen molar-refractivity contribution in [3.8, 4) is 44.8 Å². The van der Waals surface area contributed by atoms with Gasteiger partial charge in [0.1, 0.15) is 0 Å². The van der Waals surface area contributed by atoms with Crippen LogP contribution in [0.4, 0.5) is 0 Å². The Kier molecular flexibility index (Phi) is 6.05. The lowest BCUT2D eigenvalue weighted by Gasteiger charge is -2.12. The van der Waals surface area contributed by atoms with Crippen LogP contribution in [0.3, 0.4) is 0 Å². The van der Waals surface area contributed by atoms with Gasteiger partial charge in [0.2, 0.25) is 0 Å². The van der Waals surface area contributed by atoms with Crippen LogP contribution in [-0.4, -0.2) is 9.13 Å². The van der Waals surface area contributed by atoms with Crippen LogP contribution in [0, 0.1) is 0 Å². The first-order chi connectivity index (χ1) is 25.3. The zero-order valence-electron chi connectivity index (χ0n) is 27.9. The Labute approximate surface area is 296 Å². The summed E-state index contributed by atoms with van der Waals surface area (Å²) in [5.74, 6) is 0. The van der Waals surface area contributed by atoms with Crippen molar-refractivity contribution in [1.29, 1.82) is 0 Å². The van der Waals surface area contributed by atoms with E-state index in [4.69, 9.17) is 0 Å². The molecule has 0 atom stereocenters. The van der Waals surface area contributed by atoms with Crippen molar-refractivity contribution in [3.05, 3.63) is 193 Å². The minimum Gasteiger partial charge on any atom is -0.309 e. The molecule has 0 amide bonds. The smallest absolute Gasteiger partial charge is 0.0544 e. The van der Waals surface area contributed by atoms with E-state index in [0.29, 0.717) is 0 Å². The van der Waals surface area contributed by atoms with E-state index in [2.05, 4.69) is 191 Å². The van der Waals surface area contributed by atoms with Gasteiger partial charge in [-0.2, -0.15) is 0 Å². The number of hydrogen-bond acceptors (Lipinski definition) is 0. The molecule has 1 aliphatic carbocycles. The van der Waals surface area contributed by atoms with Gasteiger partial charge in [0.05, 0.1) is 22.1 Å². The minimum atomic E-state index is 0.969. The zero-order valence-corrected chi connectivity index (χ0v) is 27.9. The molecule has 51 heavy (non-hydrogen) atoms. The maximum atomic E-state index is 2.47. The molecule has 0 saturated heterocycles. The number of rotatable bonds is 4. The third-order valence-electron chi connectivity index (χ3n) is 10.9. The van der Waals surface area contributed by atoms with Crippen molar-refractivity contribution >= 4 is 43.6 Å². The van der Waals surface area contributed by atoms with Crippen LogP contribution in [-0.2, 0) is 6.42 Å². The van der Waals surface area contributed by atoms with Crippen LogP contribution < -0.4 is 0 Å². The van der Waals surface area contributed by atoms with Gasteiger partial charge in [-0.15, -0.1) is 0 Å². The first kappa shape index (κ1) is 28.2. The molecule has 2 heterocycles. The standard InChI is InChI=1S/C49H32N2/c1-2-11-32(12-3-1)34-14-10-15-39(28-34)51-48-26-23-35(29-44(48)45-31-43-37(30-49(45)51)27-36-13-4-5-16-40(36)43)33-21-24-38(25-22-33)50-46-19-8-6-17-41(46)42-18-7-9-20-47(42)50/h1-26,28-31H,27H2. The number of fused-ring (bicyclic) bond motifs is 9. The Morgan fingerprint density at radius 2 is 0.882 bits per heavy atom. The van der Waals surface area contributed by atoms with Gasteiger partial charge in [-0.1, -0.05) is 121 Å². The molecule has 8 aromatic carbocycles. The second-order valence-electron chi connectivity index (χ2n) is 13.8. The highest BCUT2D eigenvalue weighted by Gasteiger charge is 2.22. The highest BCUT2D eigenvalue weighted by Crippen LogP contribution is 2.43. The van der Waals surface area contributed by atoms with Crippen LogP contribution in [0.5, 0.6) is 0 Å². The van der Waals surface area contributed by atoms with Gasteiger partial charge in [0.25, 0.3) is 0 Å².